The van der Waals surface area contributed by atoms with Gasteiger partial charge in [-0.1, -0.05) is 57.6 Å². The number of carbonyl (C=O) groups excluding carboxylic acids is 2. The van der Waals surface area contributed by atoms with Crippen LogP contribution in [0.1, 0.15) is 62.2 Å². The summed E-state index contributed by atoms with van der Waals surface area (Å²) in [4.78, 5) is 31.6. The summed E-state index contributed by atoms with van der Waals surface area (Å²) in [5, 5.41) is 4.15. The number of hydrogen-bond acceptors (Lipinski definition) is 7. The largest absolute Gasteiger partial charge is 0.543 e. The van der Waals surface area contributed by atoms with E-state index in [2.05, 4.69) is 21.7 Å². The molecule has 0 saturated carbocycles. The van der Waals surface area contributed by atoms with Gasteiger partial charge in [0, 0.05) is 0 Å². The summed E-state index contributed by atoms with van der Waals surface area (Å²) in [5.41, 5.74) is 0.144. The van der Waals surface area contributed by atoms with E-state index in [1.54, 1.807) is 18.2 Å². The van der Waals surface area contributed by atoms with Crippen LogP contribution in [0.15, 0.2) is 24.3 Å². The summed E-state index contributed by atoms with van der Waals surface area (Å²) in [6.45, 7) is 2.41. The highest BCUT2D eigenvalue weighted by Gasteiger charge is 2.16. The second-order valence-corrected chi connectivity index (χ2v) is 5.44. The van der Waals surface area contributed by atoms with Crippen LogP contribution < -0.4 is 4.74 Å². The Hall–Kier alpha value is -2.28. The van der Waals surface area contributed by atoms with Crippen LogP contribution in [0.5, 0.6) is 5.75 Å². The average molecular weight is 354 g/mol. The van der Waals surface area contributed by atoms with Gasteiger partial charge in [0.1, 0.15) is 11.3 Å². The Balaban J connectivity index is 2.09. The van der Waals surface area contributed by atoms with Gasteiger partial charge in [-0.2, -0.15) is 0 Å². The molecule has 0 saturated heterocycles. The average Bonchev–Trinajstić information content (AvgIpc) is 2.63. The van der Waals surface area contributed by atoms with Crippen LogP contribution in [0.2, 0.25) is 0 Å². The molecule has 1 aromatic rings. The maximum atomic E-state index is 11.8. The van der Waals surface area contributed by atoms with Crippen LogP contribution in [0, 0.1) is 0 Å². The molecular weight excluding hydrogens is 328 g/mol. The van der Waals surface area contributed by atoms with Gasteiger partial charge in [0.15, 0.2) is 0 Å². The summed E-state index contributed by atoms with van der Waals surface area (Å²) in [6.07, 6.45) is 6.71. The van der Waals surface area contributed by atoms with E-state index in [1.165, 1.54) is 38.9 Å². The van der Waals surface area contributed by atoms with Gasteiger partial charge in [-0.25, -0.2) is 14.5 Å². The van der Waals surface area contributed by atoms with E-state index in [-0.39, 0.29) is 12.2 Å². The van der Waals surface area contributed by atoms with Gasteiger partial charge in [-0.05, 0) is 18.6 Å². The zero-order chi connectivity index (χ0) is 18.3. The number of hydrogen-bond donors (Lipinski definition) is 0. The number of benzene rings is 1. The Morgan fingerprint density at radius 2 is 1.60 bits per heavy atom. The van der Waals surface area contributed by atoms with Crippen molar-refractivity contribution in [3.63, 3.8) is 0 Å². The van der Waals surface area contributed by atoms with Crippen molar-refractivity contribution in [1.29, 1.82) is 0 Å². The second-order valence-electron chi connectivity index (χ2n) is 5.44. The molecule has 7 nitrogen and oxygen atoms in total. The Morgan fingerprint density at radius 1 is 0.920 bits per heavy atom. The van der Waals surface area contributed by atoms with Gasteiger partial charge in [0.2, 0.25) is 0 Å². The van der Waals surface area contributed by atoms with Gasteiger partial charge in [-0.3, -0.25) is 4.89 Å². The van der Waals surface area contributed by atoms with Crippen molar-refractivity contribution in [2.24, 2.45) is 0 Å². The van der Waals surface area contributed by atoms with Crippen LogP contribution >= 0.6 is 0 Å². The van der Waals surface area contributed by atoms with Gasteiger partial charge in [-0.15, -0.1) is 0 Å². The highest BCUT2D eigenvalue weighted by atomic mass is 17.5. The third-order valence-electron chi connectivity index (χ3n) is 3.51. The molecule has 0 unspecified atom stereocenters. The molecule has 1 aromatic carbocycles. The van der Waals surface area contributed by atoms with Crippen molar-refractivity contribution in [2.75, 3.05) is 13.7 Å². The SMILES string of the molecule is CCCCCCCCCOC(=O)OOOC(=O)c1ccccc1OC. The molecule has 140 valence electrons. The molecule has 0 N–H and O–H groups in total. The Labute approximate surface area is 148 Å². The van der Waals surface area contributed by atoms with E-state index in [9.17, 15) is 9.59 Å². The lowest BCUT2D eigenvalue weighted by Crippen LogP contribution is -2.13. The Bertz CT molecular complexity index is 516. The maximum Gasteiger partial charge on any atom is 0.543 e. The first-order valence-electron chi connectivity index (χ1n) is 8.54. The van der Waals surface area contributed by atoms with Crippen LogP contribution in [0.4, 0.5) is 4.79 Å². The number of rotatable bonds is 12. The van der Waals surface area contributed by atoms with Crippen LogP contribution in [0.25, 0.3) is 0 Å². The molecule has 0 aliphatic heterocycles. The van der Waals surface area contributed by atoms with Gasteiger partial charge in [0.05, 0.1) is 18.8 Å². The fourth-order valence-electron chi connectivity index (χ4n) is 2.17. The van der Waals surface area contributed by atoms with Gasteiger partial charge >= 0.3 is 12.1 Å². The van der Waals surface area contributed by atoms with Crippen LogP contribution in [-0.2, 0) is 19.6 Å². The monoisotopic (exact) mass is 354 g/mol. The van der Waals surface area contributed by atoms with Crippen molar-refractivity contribution in [3.8, 4) is 5.75 Å². The highest BCUT2D eigenvalue weighted by Crippen LogP contribution is 2.18. The number of ether oxygens (including phenoxy) is 2. The van der Waals surface area contributed by atoms with E-state index in [0.717, 1.165) is 19.3 Å². The van der Waals surface area contributed by atoms with E-state index in [1.807, 2.05) is 0 Å². The van der Waals surface area contributed by atoms with Crippen molar-refractivity contribution >= 4 is 12.1 Å². The van der Waals surface area contributed by atoms with Crippen molar-refractivity contribution < 1.29 is 33.9 Å². The third kappa shape index (κ3) is 8.95. The van der Waals surface area contributed by atoms with E-state index < -0.39 is 12.1 Å². The van der Waals surface area contributed by atoms with Crippen molar-refractivity contribution in [1.82, 2.24) is 0 Å². The summed E-state index contributed by atoms with van der Waals surface area (Å²) >= 11 is 0. The predicted molar refractivity (Wildman–Crippen MR) is 89.9 cm³/mol. The van der Waals surface area contributed by atoms with Gasteiger partial charge in [0.25, 0.3) is 0 Å². The second kappa shape index (κ2) is 13.1. The quantitative estimate of drug-likeness (QED) is 0.235. The molecule has 0 fully saturated rings. The standard InChI is InChI=1S/C18H26O7/c1-3-4-5-6-7-8-11-14-22-18(20)24-25-23-17(19)15-12-9-10-13-16(15)21-2/h9-10,12-13H,3-8,11,14H2,1-2H3. The minimum absolute atomic E-state index is 0.144. The molecule has 25 heavy (non-hydrogen) atoms. The first-order valence-corrected chi connectivity index (χ1v) is 8.54. The molecule has 0 aliphatic rings. The lowest BCUT2D eigenvalue weighted by molar-refractivity contribution is -0.452. The number of carbonyl (C=O) groups is 2. The van der Waals surface area contributed by atoms with Crippen LogP contribution in [-0.4, -0.2) is 25.8 Å². The molecule has 0 amide bonds. The molecule has 0 bridgehead atoms. The zero-order valence-corrected chi connectivity index (χ0v) is 14.8. The smallest absolute Gasteiger partial charge is 0.496 e. The molecule has 0 spiro atoms. The predicted octanol–water partition coefficient (Wildman–Crippen LogP) is 4.60. The summed E-state index contributed by atoms with van der Waals surface area (Å²) in [5.74, 6) is -0.532. The normalized spacial score (nSPS) is 10.2. The summed E-state index contributed by atoms with van der Waals surface area (Å²) in [6, 6.07) is 6.42. The van der Waals surface area contributed by atoms with Crippen molar-refractivity contribution in [3.05, 3.63) is 29.8 Å². The molecule has 0 heterocycles. The number of unbranched alkanes of at least 4 members (excludes halogenated alkanes) is 6. The molecule has 0 radical (unpaired) electrons. The molecule has 7 heteroatoms. The van der Waals surface area contributed by atoms with Crippen molar-refractivity contribution in [2.45, 2.75) is 51.9 Å². The summed E-state index contributed by atoms with van der Waals surface area (Å²) < 4.78 is 9.81. The Morgan fingerprint density at radius 3 is 2.32 bits per heavy atom. The fraction of sp³-hybridized carbons (Fsp3) is 0.556. The van der Waals surface area contributed by atoms with Gasteiger partial charge < -0.3 is 9.47 Å². The lowest BCUT2D eigenvalue weighted by atomic mass is 10.1. The zero-order valence-electron chi connectivity index (χ0n) is 14.8. The topological polar surface area (TPSA) is 80.3 Å². The maximum absolute atomic E-state index is 11.8. The molecular formula is C18H26O7. The first kappa shape index (κ1) is 20.8. The van der Waals surface area contributed by atoms with E-state index >= 15 is 0 Å². The minimum Gasteiger partial charge on any atom is -0.496 e. The van der Waals surface area contributed by atoms with Crippen LogP contribution in [0.3, 0.4) is 0 Å². The molecule has 0 atom stereocenters. The number of para-hydroxylation sites is 1. The fourth-order valence-corrected chi connectivity index (χ4v) is 2.17. The number of methoxy groups -OCH3 is 1. The molecule has 1 rings (SSSR count). The third-order valence-corrected chi connectivity index (χ3v) is 3.51. The highest BCUT2D eigenvalue weighted by molar-refractivity contribution is 5.92. The first-order chi connectivity index (χ1) is 12.2. The van der Waals surface area contributed by atoms with E-state index in [0.29, 0.717) is 5.75 Å². The van der Waals surface area contributed by atoms with E-state index in [4.69, 9.17) is 9.47 Å². The lowest BCUT2D eigenvalue weighted by Gasteiger charge is -2.06. The Kier molecular flexibility index (Phi) is 10.8. The molecule has 0 aliphatic carbocycles. The summed E-state index contributed by atoms with van der Waals surface area (Å²) in [7, 11) is 1.42. The minimum atomic E-state index is -1.06. The molecule has 0 aromatic heterocycles.